The second kappa shape index (κ2) is 4.56. The number of hydrogen-bond donors (Lipinski definition) is 0. The van der Waals surface area contributed by atoms with Crippen molar-refractivity contribution in [1.82, 2.24) is 0 Å². The van der Waals surface area contributed by atoms with Gasteiger partial charge in [-0.3, -0.25) is 0 Å². The van der Waals surface area contributed by atoms with Crippen LogP contribution in [0.2, 0.25) is 0 Å². The van der Waals surface area contributed by atoms with Crippen LogP contribution in [0.25, 0.3) is 10.8 Å². The standard InChI is InChI=1S/C15H19N/c1-4-16(5-2)15-11-10-13-8-6-7-9-14(13)12(15)3/h6-11H,4-5H2,1-3H3. The van der Waals surface area contributed by atoms with Crippen molar-refractivity contribution in [3.05, 3.63) is 42.0 Å². The zero-order chi connectivity index (χ0) is 11.5. The van der Waals surface area contributed by atoms with Gasteiger partial charge in [0.1, 0.15) is 0 Å². The molecule has 2 aromatic carbocycles. The lowest BCUT2D eigenvalue weighted by Gasteiger charge is -2.24. The molecule has 0 bridgehead atoms. The number of anilines is 1. The predicted octanol–water partition coefficient (Wildman–Crippen LogP) is 3.99. The van der Waals surface area contributed by atoms with Crippen molar-refractivity contribution in [3.8, 4) is 0 Å². The van der Waals surface area contributed by atoms with Gasteiger partial charge in [0.25, 0.3) is 0 Å². The summed E-state index contributed by atoms with van der Waals surface area (Å²) >= 11 is 0. The van der Waals surface area contributed by atoms with Gasteiger partial charge < -0.3 is 4.90 Å². The quantitative estimate of drug-likeness (QED) is 0.745. The summed E-state index contributed by atoms with van der Waals surface area (Å²) in [5.74, 6) is 0. The zero-order valence-corrected chi connectivity index (χ0v) is 10.3. The summed E-state index contributed by atoms with van der Waals surface area (Å²) < 4.78 is 0. The van der Waals surface area contributed by atoms with Crippen LogP contribution < -0.4 is 4.90 Å². The number of rotatable bonds is 3. The molecule has 0 N–H and O–H groups in total. The van der Waals surface area contributed by atoms with E-state index in [-0.39, 0.29) is 0 Å². The van der Waals surface area contributed by atoms with E-state index in [9.17, 15) is 0 Å². The first-order valence-corrected chi connectivity index (χ1v) is 6.01. The Bertz CT molecular complexity index is 484. The fourth-order valence-electron chi connectivity index (χ4n) is 2.32. The highest BCUT2D eigenvalue weighted by atomic mass is 15.1. The molecule has 0 aliphatic heterocycles. The second-order valence-electron chi connectivity index (χ2n) is 4.10. The SMILES string of the molecule is CCN(CC)c1ccc2ccccc2c1C. The van der Waals surface area contributed by atoms with Gasteiger partial charge in [0.05, 0.1) is 0 Å². The van der Waals surface area contributed by atoms with Gasteiger partial charge in [-0.25, -0.2) is 0 Å². The highest BCUT2D eigenvalue weighted by Gasteiger charge is 2.07. The van der Waals surface area contributed by atoms with Gasteiger partial charge in [-0.15, -0.1) is 0 Å². The third-order valence-corrected chi connectivity index (χ3v) is 3.27. The van der Waals surface area contributed by atoms with E-state index in [4.69, 9.17) is 0 Å². The van der Waals surface area contributed by atoms with E-state index in [1.165, 1.54) is 22.0 Å². The molecule has 0 saturated carbocycles. The predicted molar refractivity (Wildman–Crippen MR) is 72.2 cm³/mol. The van der Waals surface area contributed by atoms with E-state index in [0.29, 0.717) is 0 Å². The van der Waals surface area contributed by atoms with Crippen molar-refractivity contribution in [2.45, 2.75) is 20.8 Å². The molecule has 0 amide bonds. The van der Waals surface area contributed by atoms with Gasteiger partial charge >= 0.3 is 0 Å². The Labute approximate surface area is 97.7 Å². The first-order valence-electron chi connectivity index (χ1n) is 6.01. The molecule has 0 aliphatic carbocycles. The lowest BCUT2D eigenvalue weighted by molar-refractivity contribution is 0.863. The Morgan fingerprint density at radius 1 is 0.938 bits per heavy atom. The third kappa shape index (κ3) is 1.78. The van der Waals surface area contributed by atoms with E-state index in [1.807, 2.05) is 0 Å². The van der Waals surface area contributed by atoms with Crippen LogP contribution in [0.4, 0.5) is 5.69 Å². The van der Waals surface area contributed by atoms with Gasteiger partial charge in [-0.05, 0) is 43.2 Å². The molecule has 1 heteroatoms. The number of benzene rings is 2. The van der Waals surface area contributed by atoms with E-state index in [2.05, 4.69) is 62.1 Å². The third-order valence-electron chi connectivity index (χ3n) is 3.27. The molecule has 0 aliphatic rings. The van der Waals surface area contributed by atoms with E-state index >= 15 is 0 Å². The number of fused-ring (bicyclic) bond motifs is 1. The fourth-order valence-corrected chi connectivity index (χ4v) is 2.32. The van der Waals surface area contributed by atoms with Crippen molar-refractivity contribution >= 4 is 16.5 Å². The summed E-state index contributed by atoms with van der Waals surface area (Å²) in [4.78, 5) is 2.40. The van der Waals surface area contributed by atoms with Crippen LogP contribution in [0, 0.1) is 6.92 Å². The topological polar surface area (TPSA) is 3.24 Å². The zero-order valence-electron chi connectivity index (χ0n) is 10.3. The average molecular weight is 213 g/mol. The average Bonchev–Trinajstić information content (AvgIpc) is 2.34. The van der Waals surface area contributed by atoms with Crippen LogP contribution in [-0.4, -0.2) is 13.1 Å². The summed E-state index contributed by atoms with van der Waals surface area (Å²) in [6.45, 7) is 8.76. The van der Waals surface area contributed by atoms with E-state index in [0.717, 1.165) is 13.1 Å². The summed E-state index contributed by atoms with van der Waals surface area (Å²) in [5, 5.41) is 2.70. The van der Waals surface area contributed by atoms with Crippen LogP contribution in [0.15, 0.2) is 36.4 Å². The molecule has 2 rings (SSSR count). The van der Waals surface area contributed by atoms with Crippen molar-refractivity contribution in [3.63, 3.8) is 0 Å². The monoisotopic (exact) mass is 213 g/mol. The van der Waals surface area contributed by atoms with Crippen LogP contribution in [0.1, 0.15) is 19.4 Å². The molecule has 0 fully saturated rings. The van der Waals surface area contributed by atoms with Gasteiger partial charge in [0.15, 0.2) is 0 Å². The Kier molecular flexibility index (Phi) is 3.14. The molecule has 16 heavy (non-hydrogen) atoms. The number of nitrogens with zero attached hydrogens (tertiary/aromatic N) is 1. The lowest BCUT2D eigenvalue weighted by atomic mass is 10.0. The van der Waals surface area contributed by atoms with Crippen LogP contribution >= 0.6 is 0 Å². The normalized spacial score (nSPS) is 10.7. The first-order chi connectivity index (χ1) is 7.77. The Balaban J connectivity index is 2.60. The largest absolute Gasteiger partial charge is 0.372 e. The molecule has 0 unspecified atom stereocenters. The van der Waals surface area contributed by atoms with Crippen LogP contribution in [-0.2, 0) is 0 Å². The second-order valence-corrected chi connectivity index (χ2v) is 4.10. The molecular formula is C15H19N. The Hall–Kier alpha value is -1.50. The summed E-state index contributed by atoms with van der Waals surface area (Å²) in [7, 11) is 0. The van der Waals surface area contributed by atoms with Crippen molar-refractivity contribution < 1.29 is 0 Å². The molecule has 1 nitrogen and oxygen atoms in total. The first kappa shape index (κ1) is 11.0. The van der Waals surface area contributed by atoms with E-state index < -0.39 is 0 Å². The highest BCUT2D eigenvalue weighted by Crippen LogP contribution is 2.27. The summed E-state index contributed by atoms with van der Waals surface area (Å²) in [6.07, 6.45) is 0. The molecule has 0 atom stereocenters. The van der Waals surface area contributed by atoms with Gasteiger partial charge in [0.2, 0.25) is 0 Å². The van der Waals surface area contributed by atoms with Crippen molar-refractivity contribution in [1.29, 1.82) is 0 Å². The molecular weight excluding hydrogens is 194 g/mol. The van der Waals surface area contributed by atoms with Crippen molar-refractivity contribution in [2.24, 2.45) is 0 Å². The number of aryl methyl sites for hydroxylation is 1. The van der Waals surface area contributed by atoms with E-state index in [1.54, 1.807) is 0 Å². The van der Waals surface area contributed by atoms with Crippen molar-refractivity contribution in [2.75, 3.05) is 18.0 Å². The maximum absolute atomic E-state index is 2.40. The minimum Gasteiger partial charge on any atom is -0.372 e. The van der Waals surface area contributed by atoms with Gasteiger partial charge in [-0.2, -0.15) is 0 Å². The maximum Gasteiger partial charge on any atom is 0.0402 e. The minimum atomic E-state index is 1.07. The molecule has 2 aromatic rings. The Morgan fingerprint density at radius 3 is 2.31 bits per heavy atom. The highest BCUT2D eigenvalue weighted by molar-refractivity contribution is 5.90. The molecule has 0 spiro atoms. The summed E-state index contributed by atoms with van der Waals surface area (Å²) in [5.41, 5.74) is 2.76. The molecule has 0 saturated heterocycles. The minimum absolute atomic E-state index is 1.07. The molecule has 0 radical (unpaired) electrons. The molecule has 84 valence electrons. The Morgan fingerprint density at radius 2 is 1.62 bits per heavy atom. The maximum atomic E-state index is 2.40. The number of hydrogen-bond acceptors (Lipinski definition) is 1. The summed E-state index contributed by atoms with van der Waals surface area (Å²) in [6, 6.07) is 13.0. The molecule has 0 heterocycles. The van der Waals surface area contributed by atoms with Gasteiger partial charge in [-0.1, -0.05) is 30.3 Å². The smallest absolute Gasteiger partial charge is 0.0402 e. The fraction of sp³-hybridized carbons (Fsp3) is 0.333. The lowest BCUT2D eigenvalue weighted by Crippen LogP contribution is -2.22. The molecule has 0 aromatic heterocycles. The van der Waals surface area contributed by atoms with Gasteiger partial charge in [0, 0.05) is 18.8 Å². The van der Waals surface area contributed by atoms with Crippen LogP contribution in [0.3, 0.4) is 0 Å². The van der Waals surface area contributed by atoms with Crippen LogP contribution in [0.5, 0.6) is 0 Å².